The molecule has 1 aromatic heterocycles. The molecule has 0 saturated heterocycles. The van der Waals surface area contributed by atoms with Gasteiger partial charge in [-0.15, -0.1) is 24.8 Å². The standard InChI is InChI=1S/C16H19N3O.2ClH/c1-17-8-5-9-19-16(20)15-10-14(11-18-12-15)13-6-3-2-4-7-13;;/h2-4,6-7,10-12,17H,5,8-9H2,1H3,(H,19,20);2*1H. The van der Waals surface area contributed by atoms with Gasteiger partial charge in [-0.2, -0.15) is 0 Å². The number of pyridine rings is 1. The molecule has 4 nitrogen and oxygen atoms in total. The van der Waals surface area contributed by atoms with Gasteiger partial charge < -0.3 is 10.6 Å². The zero-order valence-electron chi connectivity index (χ0n) is 12.4. The smallest absolute Gasteiger partial charge is 0.252 e. The van der Waals surface area contributed by atoms with Crippen LogP contribution in [0.25, 0.3) is 11.1 Å². The normalized spacial score (nSPS) is 9.32. The van der Waals surface area contributed by atoms with Crippen LogP contribution in [-0.2, 0) is 0 Å². The van der Waals surface area contributed by atoms with Gasteiger partial charge in [0.1, 0.15) is 0 Å². The number of halogens is 2. The molecular formula is C16H21Cl2N3O. The number of hydrogen-bond donors (Lipinski definition) is 2. The van der Waals surface area contributed by atoms with E-state index in [0.717, 1.165) is 24.1 Å². The summed E-state index contributed by atoms with van der Waals surface area (Å²) in [6.45, 7) is 1.55. The number of aromatic nitrogens is 1. The molecule has 22 heavy (non-hydrogen) atoms. The van der Waals surface area contributed by atoms with E-state index in [1.807, 2.05) is 43.4 Å². The largest absolute Gasteiger partial charge is 0.352 e. The number of nitrogens with one attached hydrogen (secondary N) is 2. The summed E-state index contributed by atoms with van der Waals surface area (Å²) in [5.74, 6) is -0.0774. The highest BCUT2D eigenvalue weighted by Crippen LogP contribution is 2.18. The van der Waals surface area contributed by atoms with Crippen molar-refractivity contribution in [1.82, 2.24) is 15.6 Å². The lowest BCUT2D eigenvalue weighted by Crippen LogP contribution is -2.26. The van der Waals surface area contributed by atoms with Crippen LogP contribution >= 0.6 is 24.8 Å². The van der Waals surface area contributed by atoms with Crippen LogP contribution in [0.3, 0.4) is 0 Å². The van der Waals surface area contributed by atoms with E-state index in [0.29, 0.717) is 12.1 Å². The van der Waals surface area contributed by atoms with Gasteiger partial charge in [0.25, 0.3) is 5.91 Å². The minimum Gasteiger partial charge on any atom is -0.352 e. The number of benzene rings is 1. The molecule has 2 aromatic rings. The van der Waals surface area contributed by atoms with Crippen LogP contribution in [0.2, 0.25) is 0 Å². The van der Waals surface area contributed by atoms with Gasteiger partial charge in [0.2, 0.25) is 0 Å². The predicted molar refractivity (Wildman–Crippen MR) is 95.0 cm³/mol. The summed E-state index contributed by atoms with van der Waals surface area (Å²) in [5.41, 5.74) is 2.61. The Morgan fingerprint density at radius 2 is 1.77 bits per heavy atom. The van der Waals surface area contributed by atoms with E-state index in [1.54, 1.807) is 12.4 Å². The van der Waals surface area contributed by atoms with Gasteiger partial charge in [0.05, 0.1) is 5.56 Å². The third kappa shape index (κ3) is 6.02. The van der Waals surface area contributed by atoms with Crippen molar-refractivity contribution in [2.75, 3.05) is 20.1 Å². The lowest BCUT2D eigenvalue weighted by molar-refractivity contribution is 0.0953. The molecule has 0 unspecified atom stereocenters. The summed E-state index contributed by atoms with van der Waals surface area (Å²) in [6, 6.07) is 11.8. The molecule has 0 aliphatic carbocycles. The highest BCUT2D eigenvalue weighted by molar-refractivity contribution is 5.95. The van der Waals surface area contributed by atoms with Crippen molar-refractivity contribution in [2.45, 2.75) is 6.42 Å². The molecule has 1 aromatic carbocycles. The quantitative estimate of drug-likeness (QED) is 0.794. The van der Waals surface area contributed by atoms with Gasteiger partial charge >= 0.3 is 0 Å². The second-order valence-corrected chi connectivity index (χ2v) is 4.54. The predicted octanol–water partition coefficient (Wildman–Crippen LogP) is 2.93. The second-order valence-electron chi connectivity index (χ2n) is 4.54. The first-order valence-corrected chi connectivity index (χ1v) is 6.74. The third-order valence-electron chi connectivity index (χ3n) is 3.00. The van der Waals surface area contributed by atoms with Crippen molar-refractivity contribution in [3.8, 4) is 11.1 Å². The van der Waals surface area contributed by atoms with Gasteiger partial charge in [-0.3, -0.25) is 9.78 Å². The third-order valence-corrected chi connectivity index (χ3v) is 3.00. The summed E-state index contributed by atoms with van der Waals surface area (Å²) in [4.78, 5) is 16.2. The monoisotopic (exact) mass is 341 g/mol. The summed E-state index contributed by atoms with van der Waals surface area (Å²) in [5, 5.41) is 5.94. The Balaban J connectivity index is 0.00000220. The first kappa shape index (κ1) is 20.4. The van der Waals surface area contributed by atoms with E-state index < -0.39 is 0 Å². The minimum absolute atomic E-state index is 0. The molecule has 0 spiro atoms. The van der Waals surface area contributed by atoms with E-state index >= 15 is 0 Å². The zero-order valence-corrected chi connectivity index (χ0v) is 14.0. The first-order chi connectivity index (χ1) is 9.81. The van der Waals surface area contributed by atoms with Crippen LogP contribution in [0.5, 0.6) is 0 Å². The zero-order chi connectivity index (χ0) is 14.2. The van der Waals surface area contributed by atoms with E-state index in [9.17, 15) is 4.79 Å². The minimum atomic E-state index is -0.0774. The van der Waals surface area contributed by atoms with Crippen molar-refractivity contribution >= 4 is 30.7 Å². The maximum Gasteiger partial charge on any atom is 0.252 e. The van der Waals surface area contributed by atoms with Crippen molar-refractivity contribution in [3.05, 3.63) is 54.4 Å². The average molecular weight is 342 g/mol. The molecule has 2 N–H and O–H groups in total. The molecule has 2 rings (SSSR count). The SMILES string of the molecule is CNCCCNC(=O)c1cncc(-c2ccccc2)c1.Cl.Cl. The number of amides is 1. The van der Waals surface area contributed by atoms with Crippen molar-refractivity contribution in [2.24, 2.45) is 0 Å². The Bertz CT molecular complexity index is 564. The molecule has 0 aliphatic rings. The Labute approximate surface area is 143 Å². The topological polar surface area (TPSA) is 54.0 Å². The van der Waals surface area contributed by atoms with Crippen molar-refractivity contribution in [1.29, 1.82) is 0 Å². The molecule has 0 fully saturated rings. The average Bonchev–Trinajstić information content (AvgIpc) is 2.52. The van der Waals surface area contributed by atoms with Crippen molar-refractivity contribution in [3.63, 3.8) is 0 Å². The lowest BCUT2D eigenvalue weighted by Gasteiger charge is -2.06. The van der Waals surface area contributed by atoms with Gasteiger partial charge in [-0.25, -0.2) is 0 Å². The molecular weight excluding hydrogens is 321 g/mol. The first-order valence-electron chi connectivity index (χ1n) is 6.74. The fourth-order valence-corrected chi connectivity index (χ4v) is 1.92. The Hall–Kier alpha value is -1.62. The number of carbonyl (C=O) groups is 1. The van der Waals surface area contributed by atoms with Crippen LogP contribution in [0, 0.1) is 0 Å². The van der Waals surface area contributed by atoms with E-state index in [1.165, 1.54) is 0 Å². The maximum atomic E-state index is 12.0. The molecule has 1 amide bonds. The lowest BCUT2D eigenvalue weighted by atomic mass is 10.1. The van der Waals surface area contributed by atoms with Crippen LogP contribution in [0.4, 0.5) is 0 Å². The van der Waals surface area contributed by atoms with Gasteiger partial charge in [0, 0.05) is 24.5 Å². The van der Waals surface area contributed by atoms with Crippen molar-refractivity contribution < 1.29 is 4.79 Å². The van der Waals surface area contributed by atoms with Gasteiger partial charge in [0.15, 0.2) is 0 Å². The van der Waals surface area contributed by atoms with E-state index in [2.05, 4.69) is 15.6 Å². The van der Waals surface area contributed by atoms with E-state index in [-0.39, 0.29) is 30.7 Å². The van der Waals surface area contributed by atoms with Crippen LogP contribution < -0.4 is 10.6 Å². The Morgan fingerprint density at radius 1 is 1.05 bits per heavy atom. The molecule has 0 saturated carbocycles. The van der Waals surface area contributed by atoms with Crippen LogP contribution in [0.1, 0.15) is 16.8 Å². The summed E-state index contributed by atoms with van der Waals surface area (Å²) < 4.78 is 0. The second kappa shape index (κ2) is 11.0. The molecule has 1 heterocycles. The summed E-state index contributed by atoms with van der Waals surface area (Å²) >= 11 is 0. The van der Waals surface area contributed by atoms with E-state index in [4.69, 9.17) is 0 Å². The molecule has 6 heteroatoms. The molecule has 0 aliphatic heterocycles. The Kier molecular flexibility index (Phi) is 10.2. The fraction of sp³-hybridized carbons (Fsp3) is 0.250. The molecule has 0 radical (unpaired) electrons. The van der Waals surface area contributed by atoms with Gasteiger partial charge in [-0.05, 0) is 31.6 Å². The Morgan fingerprint density at radius 3 is 2.45 bits per heavy atom. The molecule has 0 bridgehead atoms. The number of nitrogens with zero attached hydrogens (tertiary/aromatic N) is 1. The maximum absolute atomic E-state index is 12.0. The van der Waals surface area contributed by atoms with Crippen LogP contribution in [0.15, 0.2) is 48.8 Å². The highest BCUT2D eigenvalue weighted by Gasteiger charge is 2.07. The highest BCUT2D eigenvalue weighted by atomic mass is 35.5. The number of carbonyl (C=O) groups excluding carboxylic acids is 1. The number of rotatable bonds is 6. The fourth-order valence-electron chi connectivity index (χ4n) is 1.92. The molecule has 0 atom stereocenters. The molecule has 120 valence electrons. The van der Waals surface area contributed by atoms with Gasteiger partial charge in [-0.1, -0.05) is 30.3 Å². The number of hydrogen-bond acceptors (Lipinski definition) is 3. The summed E-state index contributed by atoms with van der Waals surface area (Å²) in [6.07, 6.45) is 4.28. The van der Waals surface area contributed by atoms with Crippen LogP contribution in [-0.4, -0.2) is 31.0 Å². The summed E-state index contributed by atoms with van der Waals surface area (Å²) in [7, 11) is 1.90.